The molecule has 3 amide bonds. The van der Waals surface area contributed by atoms with Crippen molar-refractivity contribution >= 4 is 29.0 Å². The summed E-state index contributed by atoms with van der Waals surface area (Å²) in [5.41, 5.74) is 1.34. The Morgan fingerprint density at radius 2 is 1.74 bits per heavy atom. The molecule has 1 atom stereocenters. The van der Waals surface area contributed by atoms with Gasteiger partial charge in [-0.3, -0.25) is 9.20 Å². The average Bonchev–Trinajstić information content (AvgIpc) is 3.29. The topological polar surface area (TPSA) is 130 Å². The number of para-hydroxylation sites is 2. The van der Waals surface area contributed by atoms with E-state index in [1.165, 1.54) is 18.2 Å². The minimum absolute atomic E-state index is 0.161. The molecule has 0 saturated heterocycles. The molecule has 196 valence electrons. The number of rotatable bonds is 7. The number of aliphatic hydroxyl groups is 1. The number of hydrogen-bond donors (Lipinski definition) is 4. The van der Waals surface area contributed by atoms with Crippen LogP contribution in [0.5, 0.6) is 5.75 Å². The molecule has 0 unspecified atom stereocenters. The maximum atomic E-state index is 12.6. The van der Waals surface area contributed by atoms with Crippen molar-refractivity contribution in [2.45, 2.75) is 19.3 Å². The van der Waals surface area contributed by atoms with Crippen LogP contribution in [0.4, 0.5) is 29.3 Å². The molecule has 13 heteroatoms. The fourth-order valence-corrected chi connectivity index (χ4v) is 3.42. The van der Waals surface area contributed by atoms with E-state index in [4.69, 9.17) is 0 Å². The second-order valence-corrected chi connectivity index (χ2v) is 8.03. The van der Waals surface area contributed by atoms with Gasteiger partial charge in [0, 0.05) is 17.4 Å². The van der Waals surface area contributed by atoms with Crippen LogP contribution >= 0.6 is 0 Å². The highest BCUT2D eigenvalue weighted by atomic mass is 19.4. The number of ether oxygens (including phenoxy) is 1. The Hall–Kier alpha value is -5.07. The van der Waals surface area contributed by atoms with Crippen LogP contribution < -0.4 is 20.7 Å². The summed E-state index contributed by atoms with van der Waals surface area (Å²) in [6, 6.07) is 13.4. The maximum Gasteiger partial charge on any atom is 0.573 e. The van der Waals surface area contributed by atoms with Gasteiger partial charge in [0.1, 0.15) is 5.76 Å². The number of amides is 3. The summed E-state index contributed by atoms with van der Waals surface area (Å²) in [7, 11) is 0. The predicted molar refractivity (Wildman–Crippen MR) is 133 cm³/mol. The summed E-state index contributed by atoms with van der Waals surface area (Å²) < 4.78 is 43.4. The van der Waals surface area contributed by atoms with Crippen molar-refractivity contribution < 1.29 is 32.6 Å². The standard InChI is InChI=1S/C25H21F3N6O4/c1-14(15(2)35)29-23(36)18-6-5-13-34-21(32-33-22(18)34)16-9-11-17(12-10-16)30-24(37)31-19-7-3-4-8-20(19)38-25(26,27)28/h3-14,35H,2H2,1H3,(H,29,36)(H2,30,31,37)/t14-/m1/s1. The molecule has 2 heterocycles. The fourth-order valence-electron chi connectivity index (χ4n) is 3.42. The molecule has 0 bridgehead atoms. The highest BCUT2D eigenvalue weighted by molar-refractivity contribution is 6.01. The van der Waals surface area contributed by atoms with Gasteiger partial charge in [-0.05, 0) is 55.5 Å². The van der Waals surface area contributed by atoms with E-state index in [1.54, 1.807) is 53.9 Å². The zero-order valence-electron chi connectivity index (χ0n) is 19.8. The van der Waals surface area contributed by atoms with Gasteiger partial charge in [-0.1, -0.05) is 18.7 Å². The molecule has 0 aliphatic heterocycles. The Morgan fingerprint density at radius 3 is 2.42 bits per heavy atom. The third-order valence-corrected chi connectivity index (χ3v) is 5.29. The number of pyridine rings is 1. The number of anilines is 2. The summed E-state index contributed by atoms with van der Waals surface area (Å²) in [5.74, 6) is -0.782. The van der Waals surface area contributed by atoms with Crippen molar-refractivity contribution in [2.75, 3.05) is 10.6 Å². The van der Waals surface area contributed by atoms with Gasteiger partial charge in [0.15, 0.2) is 17.2 Å². The van der Waals surface area contributed by atoms with Gasteiger partial charge >= 0.3 is 12.4 Å². The number of nitrogens with one attached hydrogen (secondary N) is 3. The molecule has 0 radical (unpaired) electrons. The smallest absolute Gasteiger partial charge is 0.511 e. The first-order valence-corrected chi connectivity index (χ1v) is 11.1. The molecule has 38 heavy (non-hydrogen) atoms. The van der Waals surface area contributed by atoms with Crippen molar-refractivity contribution in [3.63, 3.8) is 0 Å². The Kier molecular flexibility index (Phi) is 7.19. The number of aromatic nitrogens is 3. The fraction of sp³-hybridized carbons (Fsp3) is 0.120. The van der Waals surface area contributed by atoms with Gasteiger partial charge in [0.05, 0.1) is 17.3 Å². The average molecular weight is 526 g/mol. The Bertz CT molecular complexity index is 1500. The number of fused-ring (bicyclic) bond motifs is 1. The van der Waals surface area contributed by atoms with Crippen LogP contribution in [0.25, 0.3) is 17.0 Å². The minimum atomic E-state index is -4.91. The molecule has 0 aliphatic carbocycles. The Labute approximate surface area is 213 Å². The zero-order chi connectivity index (χ0) is 27.4. The molecule has 2 aromatic carbocycles. The van der Waals surface area contributed by atoms with Crippen LogP contribution in [0.2, 0.25) is 0 Å². The molecule has 4 N–H and O–H groups in total. The number of benzene rings is 2. The quantitative estimate of drug-likeness (QED) is 0.247. The lowest BCUT2D eigenvalue weighted by Gasteiger charge is -2.14. The normalized spacial score (nSPS) is 12.0. The number of alkyl halides is 3. The molecular weight excluding hydrogens is 505 g/mol. The van der Waals surface area contributed by atoms with Gasteiger partial charge in [0.2, 0.25) is 0 Å². The molecule has 4 rings (SSSR count). The summed E-state index contributed by atoms with van der Waals surface area (Å²) >= 11 is 0. The van der Waals surface area contributed by atoms with Gasteiger partial charge in [-0.25, -0.2) is 4.79 Å². The highest BCUT2D eigenvalue weighted by Gasteiger charge is 2.32. The summed E-state index contributed by atoms with van der Waals surface area (Å²) in [5, 5.41) is 25.2. The molecule has 0 saturated carbocycles. The van der Waals surface area contributed by atoms with Crippen LogP contribution in [0, 0.1) is 0 Å². The van der Waals surface area contributed by atoms with Crippen LogP contribution in [0.3, 0.4) is 0 Å². The van der Waals surface area contributed by atoms with Gasteiger partial charge in [-0.2, -0.15) is 0 Å². The van der Waals surface area contributed by atoms with E-state index in [9.17, 15) is 27.9 Å². The maximum absolute atomic E-state index is 12.6. The first-order chi connectivity index (χ1) is 18.0. The van der Waals surface area contributed by atoms with E-state index in [-0.39, 0.29) is 22.7 Å². The first-order valence-electron chi connectivity index (χ1n) is 11.1. The van der Waals surface area contributed by atoms with Crippen molar-refractivity contribution in [1.82, 2.24) is 19.9 Å². The van der Waals surface area contributed by atoms with E-state index < -0.39 is 30.1 Å². The Balaban J connectivity index is 1.48. The van der Waals surface area contributed by atoms with E-state index in [0.717, 1.165) is 6.07 Å². The molecule has 0 aliphatic rings. The number of carbonyl (C=O) groups excluding carboxylic acids is 2. The SMILES string of the molecule is C=C(O)[C@@H](C)NC(=O)c1cccn2c(-c3ccc(NC(=O)Nc4ccccc4OC(F)(F)F)cc3)nnc12. The van der Waals surface area contributed by atoms with E-state index in [0.29, 0.717) is 17.1 Å². The number of aliphatic hydroxyl groups excluding tert-OH is 1. The number of nitrogens with zero attached hydrogens (tertiary/aromatic N) is 3. The predicted octanol–water partition coefficient (Wildman–Crippen LogP) is 5.13. The van der Waals surface area contributed by atoms with Gasteiger partial charge in [-0.15, -0.1) is 23.4 Å². The number of hydrogen-bond acceptors (Lipinski definition) is 6. The van der Waals surface area contributed by atoms with Crippen molar-refractivity contribution in [3.05, 3.63) is 84.8 Å². The van der Waals surface area contributed by atoms with Crippen molar-refractivity contribution in [3.8, 4) is 17.1 Å². The lowest BCUT2D eigenvalue weighted by atomic mass is 10.2. The number of halogens is 3. The first kappa shape index (κ1) is 26.0. The Morgan fingerprint density at radius 1 is 1.03 bits per heavy atom. The van der Waals surface area contributed by atoms with Crippen molar-refractivity contribution in [1.29, 1.82) is 0 Å². The second-order valence-electron chi connectivity index (χ2n) is 8.03. The van der Waals surface area contributed by atoms with Crippen molar-refractivity contribution in [2.24, 2.45) is 0 Å². The lowest BCUT2D eigenvalue weighted by Crippen LogP contribution is -2.34. The summed E-state index contributed by atoms with van der Waals surface area (Å²) in [4.78, 5) is 25.0. The van der Waals surface area contributed by atoms with Crippen LogP contribution in [0.15, 0.2) is 79.2 Å². The lowest BCUT2D eigenvalue weighted by molar-refractivity contribution is -0.274. The molecular formula is C25H21F3N6O4. The minimum Gasteiger partial charge on any atom is -0.511 e. The third kappa shape index (κ3) is 6.00. The van der Waals surface area contributed by atoms with Gasteiger partial charge < -0.3 is 25.8 Å². The zero-order valence-corrected chi connectivity index (χ0v) is 19.8. The number of urea groups is 1. The number of carbonyl (C=O) groups is 2. The summed E-state index contributed by atoms with van der Waals surface area (Å²) in [6.07, 6.45) is -3.23. The molecule has 0 spiro atoms. The second kappa shape index (κ2) is 10.5. The van der Waals surface area contributed by atoms with E-state index >= 15 is 0 Å². The van der Waals surface area contributed by atoms with Gasteiger partial charge in [0.25, 0.3) is 5.91 Å². The van der Waals surface area contributed by atoms with Crippen LogP contribution in [-0.4, -0.2) is 44.0 Å². The van der Waals surface area contributed by atoms with E-state index in [1.807, 2.05) is 0 Å². The molecule has 4 aromatic rings. The molecule has 0 fully saturated rings. The monoisotopic (exact) mass is 526 g/mol. The molecule has 2 aromatic heterocycles. The highest BCUT2D eigenvalue weighted by Crippen LogP contribution is 2.30. The largest absolute Gasteiger partial charge is 0.573 e. The van der Waals surface area contributed by atoms with Crippen LogP contribution in [0.1, 0.15) is 17.3 Å². The van der Waals surface area contributed by atoms with Crippen LogP contribution in [-0.2, 0) is 0 Å². The third-order valence-electron chi connectivity index (χ3n) is 5.29. The molecule has 10 nitrogen and oxygen atoms in total. The summed E-state index contributed by atoms with van der Waals surface area (Å²) in [6.45, 7) is 4.99. The van der Waals surface area contributed by atoms with E-state index in [2.05, 4.69) is 37.5 Å².